The van der Waals surface area contributed by atoms with Gasteiger partial charge in [0.05, 0.1) is 7.11 Å². The van der Waals surface area contributed by atoms with Crippen molar-refractivity contribution in [2.45, 2.75) is 31.6 Å². The van der Waals surface area contributed by atoms with E-state index in [1.54, 1.807) is 7.11 Å². The van der Waals surface area contributed by atoms with Gasteiger partial charge in [0, 0.05) is 23.8 Å². The van der Waals surface area contributed by atoms with Crippen molar-refractivity contribution < 1.29 is 9.53 Å². The minimum atomic E-state index is 0.0800. The monoisotopic (exact) mass is 216 g/mol. The number of ketones is 1. The number of benzene rings is 1. The molecule has 2 aliphatic carbocycles. The number of carbonyl (C=O) groups excluding carboxylic acids is 1. The van der Waals surface area contributed by atoms with E-state index >= 15 is 0 Å². The van der Waals surface area contributed by atoms with Gasteiger partial charge in [-0.05, 0) is 17.9 Å². The Morgan fingerprint density at radius 1 is 1.25 bits per heavy atom. The molecular formula is C14H16O2. The second kappa shape index (κ2) is 2.88. The minimum absolute atomic E-state index is 0.0800. The van der Waals surface area contributed by atoms with Gasteiger partial charge in [-0.3, -0.25) is 4.79 Å². The summed E-state index contributed by atoms with van der Waals surface area (Å²) in [6.07, 6.45) is 2.57. The lowest BCUT2D eigenvalue weighted by molar-refractivity contribution is -0.118. The molecule has 0 radical (unpaired) electrons. The highest BCUT2D eigenvalue weighted by atomic mass is 16.5. The Hall–Kier alpha value is -1.31. The summed E-state index contributed by atoms with van der Waals surface area (Å²) in [7, 11) is 1.70. The third-order valence-electron chi connectivity index (χ3n) is 4.43. The molecule has 2 fully saturated rings. The zero-order valence-electron chi connectivity index (χ0n) is 9.75. The largest absolute Gasteiger partial charge is 0.496 e. The third-order valence-corrected chi connectivity index (χ3v) is 4.43. The van der Waals surface area contributed by atoms with Gasteiger partial charge in [0.25, 0.3) is 0 Å². The molecule has 0 N–H and O–H groups in total. The molecule has 0 heterocycles. The smallest absolute Gasteiger partial charge is 0.134 e. The van der Waals surface area contributed by atoms with E-state index in [4.69, 9.17) is 4.74 Å². The van der Waals surface area contributed by atoms with Crippen molar-refractivity contribution >= 4 is 5.78 Å². The van der Waals surface area contributed by atoms with E-state index in [0.717, 1.165) is 18.6 Å². The molecule has 0 saturated heterocycles. The fraction of sp³-hybridized carbons (Fsp3) is 0.500. The van der Waals surface area contributed by atoms with Crippen LogP contribution >= 0.6 is 0 Å². The van der Waals surface area contributed by atoms with Crippen LogP contribution in [0.3, 0.4) is 0 Å². The second-order valence-electron chi connectivity index (χ2n) is 5.41. The molecule has 84 valence electrons. The zero-order valence-corrected chi connectivity index (χ0v) is 9.75. The zero-order chi connectivity index (χ0) is 11.4. The Morgan fingerprint density at radius 3 is 2.62 bits per heavy atom. The van der Waals surface area contributed by atoms with E-state index in [2.05, 4.69) is 13.0 Å². The first kappa shape index (κ1) is 9.88. The Morgan fingerprint density at radius 2 is 2.00 bits per heavy atom. The van der Waals surface area contributed by atoms with Gasteiger partial charge in [0.1, 0.15) is 11.5 Å². The third kappa shape index (κ3) is 1.05. The summed E-state index contributed by atoms with van der Waals surface area (Å²) in [6.45, 7) is 2.23. The van der Waals surface area contributed by atoms with Crippen LogP contribution in [0, 0.1) is 5.41 Å². The van der Waals surface area contributed by atoms with Crippen molar-refractivity contribution in [3.05, 3.63) is 29.8 Å². The van der Waals surface area contributed by atoms with Gasteiger partial charge < -0.3 is 4.74 Å². The molecule has 2 aliphatic rings. The maximum absolute atomic E-state index is 11.6. The van der Waals surface area contributed by atoms with Gasteiger partial charge in [0.2, 0.25) is 0 Å². The molecule has 1 aromatic rings. The van der Waals surface area contributed by atoms with Crippen LogP contribution in [0.4, 0.5) is 0 Å². The molecule has 3 rings (SSSR count). The van der Waals surface area contributed by atoms with Crippen LogP contribution in [0.5, 0.6) is 5.75 Å². The van der Waals surface area contributed by atoms with Crippen molar-refractivity contribution in [2.24, 2.45) is 5.41 Å². The Kier molecular flexibility index (Phi) is 1.78. The predicted octanol–water partition coefficient (Wildman–Crippen LogP) is 2.71. The van der Waals surface area contributed by atoms with Crippen molar-refractivity contribution in [2.75, 3.05) is 7.11 Å². The lowest BCUT2D eigenvalue weighted by Crippen LogP contribution is -2.11. The standard InChI is InChI=1S/C14H16O2/c1-13-7-10(15)8-14(13,9-13)11-5-3-4-6-12(11)16-2/h3-6H,7-9H2,1-2H3/t13-,14+/m0/s1. The van der Waals surface area contributed by atoms with Crippen LogP contribution in [-0.2, 0) is 10.2 Å². The number of fused-ring (bicyclic) bond motifs is 1. The summed E-state index contributed by atoms with van der Waals surface area (Å²) in [6, 6.07) is 8.12. The number of ether oxygens (including phenoxy) is 1. The summed E-state index contributed by atoms with van der Waals surface area (Å²) in [5.41, 5.74) is 1.50. The first-order valence-electron chi connectivity index (χ1n) is 5.77. The van der Waals surface area contributed by atoms with E-state index in [-0.39, 0.29) is 10.8 Å². The van der Waals surface area contributed by atoms with E-state index in [9.17, 15) is 4.79 Å². The summed E-state index contributed by atoms with van der Waals surface area (Å²) < 4.78 is 5.42. The lowest BCUT2D eigenvalue weighted by Gasteiger charge is -2.17. The maximum atomic E-state index is 11.6. The van der Waals surface area contributed by atoms with E-state index < -0.39 is 0 Å². The Bertz CT molecular complexity index is 466. The molecule has 0 bridgehead atoms. The first-order chi connectivity index (χ1) is 7.61. The van der Waals surface area contributed by atoms with Crippen molar-refractivity contribution in [1.29, 1.82) is 0 Å². The fourth-order valence-electron chi connectivity index (χ4n) is 3.52. The molecular weight excluding hydrogens is 200 g/mol. The van der Waals surface area contributed by atoms with Crippen LogP contribution in [0.25, 0.3) is 0 Å². The average molecular weight is 216 g/mol. The van der Waals surface area contributed by atoms with Crippen LogP contribution in [0.2, 0.25) is 0 Å². The fourth-order valence-corrected chi connectivity index (χ4v) is 3.52. The quantitative estimate of drug-likeness (QED) is 0.759. The average Bonchev–Trinajstić information content (AvgIpc) is 2.74. The molecule has 0 spiro atoms. The highest BCUT2D eigenvalue weighted by Gasteiger charge is 2.70. The van der Waals surface area contributed by atoms with Gasteiger partial charge in [-0.15, -0.1) is 0 Å². The molecule has 0 amide bonds. The van der Waals surface area contributed by atoms with Gasteiger partial charge in [-0.2, -0.15) is 0 Å². The van der Waals surface area contributed by atoms with E-state index in [1.807, 2.05) is 18.2 Å². The molecule has 16 heavy (non-hydrogen) atoms. The maximum Gasteiger partial charge on any atom is 0.134 e. The van der Waals surface area contributed by atoms with Crippen molar-refractivity contribution in [3.63, 3.8) is 0 Å². The van der Waals surface area contributed by atoms with Gasteiger partial charge >= 0.3 is 0 Å². The highest BCUT2D eigenvalue weighted by molar-refractivity contribution is 5.87. The molecule has 2 saturated carbocycles. The predicted molar refractivity (Wildman–Crippen MR) is 61.6 cm³/mol. The van der Waals surface area contributed by atoms with Crippen molar-refractivity contribution in [3.8, 4) is 5.75 Å². The highest BCUT2D eigenvalue weighted by Crippen LogP contribution is 2.73. The molecule has 2 atom stereocenters. The number of hydrogen-bond acceptors (Lipinski definition) is 2. The van der Waals surface area contributed by atoms with Crippen LogP contribution in [-0.4, -0.2) is 12.9 Å². The van der Waals surface area contributed by atoms with Gasteiger partial charge in [0.15, 0.2) is 0 Å². The number of para-hydroxylation sites is 1. The minimum Gasteiger partial charge on any atom is -0.496 e. The molecule has 0 unspecified atom stereocenters. The summed E-state index contributed by atoms with van der Waals surface area (Å²) >= 11 is 0. The SMILES string of the molecule is COc1ccccc1[C@]12CC(=O)C[C@@]1(C)C2. The Balaban J connectivity index is 2.09. The first-order valence-corrected chi connectivity index (χ1v) is 5.77. The topological polar surface area (TPSA) is 26.3 Å². The van der Waals surface area contributed by atoms with E-state index in [0.29, 0.717) is 12.2 Å². The van der Waals surface area contributed by atoms with Gasteiger partial charge in [-0.1, -0.05) is 25.1 Å². The summed E-state index contributed by atoms with van der Waals surface area (Å²) in [4.78, 5) is 11.6. The van der Waals surface area contributed by atoms with E-state index in [1.165, 1.54) is 5.56 Å². The van der Waals surface area contributed by atoms with Gasteiger partial charge in [-0.25, -0.2) is 0 Å². The summed E-state index contributed by atoms with van der Waals surface area (Å²) in [5.74, 6) is 1.33. The van der Waals surface area contributed by atoms with Crippen LogP contribution in [0.1, 0.15) is 31.7 Å². The number of hydrogen-bond donors (Lipinski definition) is 0. The lowest BCUT2D eigenvalue weighted by atomic mass is 9.89. The molecule has 1 aromatic carbocycles. The van der Waals surface area contributed by atoms with Crippen molar-refractivity contribution in [1.82, 2.24) is 0 Å². The number of Topliss-reactive ketones (excluding diaryl/α,β-unsaturated/α-hetero) is 1. The summed E-state index contributed by atoms with van der Waals surface area (Å²) in [5, 5.41) is 0. The molecule has 0 aromatic heterocycles. The number of methoxy groups -OCH3 is 1. The second-order valence-corrected chi connectivity index (χ2v) is 5.41. The molecule has 2 nitrogen and oxygen atoms in total. The van der Waals surface area contributed by atoms with Crippen LogP contribution < -0.4 is 4.74 Å². The Labute approximate surface area is 95.6 Å². The number of carbonyl (C=O) groups is 1. The van der Waals surface area contributed by atoms with Crippen LogP contribution in [0.15, 0.2) is 24.3 Å². The molecule has 2 heteroatoms. The normalized spacial score (nSPS) is 36.0. The number of rotatable bonds is 2. The molecule has 0 aliphatic heterocycles.